The summed E-state index contributed by atoms with van der Waals surface area (Å²) in [6.45, 7) is 2.69. The van der Waals surface area contributed by atoms with Gasteiger partial charge in [0, 0.05) is 18.1 Å². The van der Waals surface area contributed by atoms with E-state index in [1.807, 2.05) is 35.4 Å². The zero-order valence-corrected chi connectivity index (χ0v) is 12.0. The number of hydrogen-bond donors (Lipinski definition) is 1. The standard InChI is InChI=1S/C15H16N2O2S/c1-10(14-16-6-7-20-14)17-9-12-5-3-2-4-11(12)8-13(17)15(18)19/h2-7,10,13H,8-9H2,1H3,(H,18,19). The van der Waals surface area contributed by atoms with E-state index in [4.69, 9.17) is 0 Å². The fourth-order valence-corrected chi connectivity index (χ4v) is 3.48. The third kappa shape index (κ3) is 2.34. The summed E-state index contributed by atoms with van der Waals surface area (Å²) in [6.07, 6.45) is 2.32. The molecule has 0 saturated heterocycles. The van der Waals surface area contributed by atoms with E-state index in [-0.39, 0.29) is 6.04 Å². The van der Waals surface area contributed by atoms with Crippen molar-refractivity contribution < 1.29 is 9.90 Å². The zero-order chi connectivity index (χ0) is 14.1. The van der Waals surface area contributed by atoms with Gasteiger partial charge in [-0.15, -0.1) is 11.3 Å². The second-order valence-electron chi connectivity index (χ2n) is 5.05. The van der Waals surface area contributed by atoms with Gasteiger partial charge in [0.25, 0.3) is 0 Å². The van der Waals surface area contributed by atoms with Crippen LogP contribution in [0.2, 0.25) is 0 Å². The highest BCUT2D eigenvalue weighted by Gasteiger charge is 2.35. The summed E-state index contributed by atoms with van der Waals surface area (Å²) in [5, 5.41) is 12.4. The Morgan fingerprint density at radius 3 is 2.85 bits per heavy atom. The normalized spacial score (nSPS) is 20.4. The minimum Gasteiger partial charge on any atom is -0.480 e. The maximum absolute atomic E-state index is 11.6. The third-order valence-corrected chi connectivity index (χ3v) is 4.82. The number of nitrogens with zero attached hydrogens (tertiary/aromatic N) is 2. The molecular weight excluding hydrogens is 272 g/mol. The predicted molar refractivity (Wildman–Crippen MR) is 77.6 cm³/mol. The minimum absolute atomic E-state index is 0.0180. The van der Waals surface area contributed by atoms with Crippen LogP contribution in [0, 0.1) is 0 Å². The van der Waals surface area contributed by atoms with Crippen molar-refractivity contribution in [3.63, 3.8) is 0 Å². The maximum atomic E-state index is 11.6. The molecule has 4 nitrogen and oxygen atoms in total. The Kier molecular flexibility index (Phi) is 3.54. The lowest BCUT2D eigenvalue weighted by Crippen LogP contribution is -2.46. The van der Waals surface area contributed by atoms with E-state index in [0.717, 1.165) is 10.6 Å². The summed E-state index contributed by atoms with van der Waals surface area (Å²) in [4.78, 5) is 17.9. The van der Waals surface area contributed by atoms with Crippen LogP contribution in [0.1, 0.15) is 29.1 Å². The largest absolute Gasteiger partial charge is 0.480 e. The number of rotatable bonds is 3. The molecule has 2 unspecified atom stereocenters. The molecule has 20 heavy (non-hydrogen) atoms. The average molecular weight is 288 g/mol. The fraction of sp³-hybridized carbons (Fsp3) is 0.333. The zero-order valence-electron chi connectivity index (χ0n) is 11.2. The molecule has 1 aliphatic rings. The first-order valence-electron chi connectivity index (χ1n) is 6.61. The van der Waals surface area contributed by atoms with Gasteiger partial charge in [0.1, 0.15) is 11.0 Å². The van der Waals surface area contributed by atoms with Gasteiger partial charge >= 0.3 is 5.97 Å². The van der Waals surface area contributed by atoms with Crippen molar-refractivity contribution in [2.75, 3.05) is 0 Å². The first-order valence-corrected chi connectivity index (χ1v) is 7.49. The van der Waals surface area contributed by atoms with E-state index in [1.54, 1.807) is 17.5 Å². The van der Waals surface area contributed by atoms with Crippen molar-refractivity contribution in [1.82, 2.24) is 9.88 Å². The van der Waals surface area contributed by atoms with E-state index >= 15 is 0 Å². The van der Waals surface area contributed by atoms with Crippen molar-refractivity contribution in [2.24, 2.45) is 0 Å². The Hall–Kier alpha value is -1.72. The molecule has 0 radical (unpaired) electrons. The van der Waals surface area contributed by atoms with Crippen LogP contribution in [-0.4, -0.2) is 27.0 Å². The number of benzene rings is 1. The number of carbonyl (C=O) groups is 1. The molecule has 1 aromatic carbocycles. The minimum atomic E-state index is -0.761. The molecular formula is C15H16N2O2S. The number of thiazole rings is 1. The van der Waals surface area contributed by atoms with Crippen LogP contribution in [0.4, 0.5) is 0 Å². The maximum Gasteiger partial charge on any atom is 0.321 e. The smallest absolute Gasteiger partial charge is 0.321 e. The van der Waals surface area contributed by atoms with Crippen LogP contribution in [0.25, 0.3) is 0 Å². The van der Waals surface area contributed by atoms with Crippen molar-refractivity contribution >= 4 is 17.3 Å². The third-order valence-electron chi connectivity index (χ3n) is 3.88. The van der Waals surface area contributed by atoms with Gasteiger partial charge in [0.15, 0.2) is 0 Å². The van der Waals surface area contributed by atoms with E-state index in [9.17, 15) is 9.90 Å². The second kappa shape index (κ2) is 5.34. The van der Waals surface area contributed by atoms with Crippen LogP contribution in [0.3, 0.4) is 0 Å². The molecule has 0 aliphatic carbocycles. The van der Waals surface area contributed by atoms with Crippen LogP contribution < -0.4 is 0 Å². The molecule has 0 saturated carbocycles. The monoisotopic (exact) mass is 288 g/mol. The molecule has 2 heterocycles. The highest BCUT2D eigenvalue weighted by Crippen LogP contribution is 2.32. The summed E-state index contributed by atoms with van der Waals surface area (Å²) in [7, 11) is 0. The highest BCUT2D eigenvalue weighted by atomic mass is 32.1. The van der Waals surface area contributed by atoms with Crippen molar-refractivity contribution in [3.8, 4) is 0 Å². The van der Waals surface area contributed by atoms with Crippen LogP contribution in [0.5, 0.6) is 0 Å². The van der Waals surface area contributed by atoms with Gasteiger partial charge in [0.2, 0.25) is 0 Å². The molecule has 0 spiro atoms. The molecule has 2 atom stereocenters. The Morgan fingerprint density at radius 1 is 1.45 bits per heavy atom. The Balaban J connectivity index is 1.94. The summed E-state index contributed by atoms with van der Waals surface area (Å²) >= 11 is 1.57. The van der Waals surface area contributed by atoms with Gasteiger partial charge in [-0.25, -0.2) is 4.98 Å². The summed E-state index contributed by atoms with van der Waals surface area (Å²) in [6, 6.07) is 7.61. The summed E-state index contributed by atoms with van der Waals surface area (Å²) in [5.41, 5.74) is 2.36. The highest BCUT2D eigenvalue weighted by molar-refractivity contribution is 7.09. The van der Waals surface area contributed by atoms with E-state index in [2.05, 4.69) is 11.1 Å². The first kappa shape index (κ1) is 13.3. The molecule has 2 aromatic rings. The molecule has 3 rings (SSSR count). The number of aromatic nitrogens is 1. The summed E-state index contributed by atoms with van der Waals surface area (Å²) < 4.78 is 0. The molecule has 0 fully saturated rings. The van der Waals surface area contributed by atoms with Gasteiger partial charge in [-0.1, -0.05) is 24.3 Å². The lowest BCUT2D eigenvalue weighted by atomic mass is 9.93. The predicted octanol–water partition coefficient (Wildman–Crippen LogP) is 2.72. The molecule has 0 bridgehead atoms. The Morgan fingerprint density at radius 2 is 2.20 bits per heavy atom. The number of carboxylic acid groups (broad SMARTS) is 1. The molecule has 1 aromatic heterocycles. The van der Waals surface area contributed by atoms with Gasteiger partial charge in [-0.05, 0) is 24.5 Å². The topological polar surface area (TPSA) is 53.4 Å². The van der Waals surface area contributed by atoms with Crippen molar-refractivity contribution in [3.05, 3.63) is 52.0 Å². The number of aliphatic carboxylic acids is 1. The van der Waals surface area contributed by atoms with Gasteiger partial charge < -0.3 is 5.11 Å². The number of carboxylic acids is 1. The SMILES string of the molecule is CC(c1nccs1)N1Cc2ccccc2CC1C(=O)O. The van der Waals surface area contributed by atoms with E-state index in [1.165, 1.54) is 5.56 Å². The second-order valence-corrected chi connectivity index (χ2v) is 5.97. The lowest BCUT2D eigenvalue weighted by molar-refractivity contribution is -0.145. The van der Waals surface area contributed by atoms with Crippen LogP contribution in [0.15, 0.2) is 35.8 Å². The van der Waals surface area contributed by atoms with Gasteiger partial charge in [-0.2, -0.15) is 0 Å². The first-order chi connectivity index (χ1) is 9.66. The average Bonchev–Trinajstić information content (AvgIpc) is 2.99. The molecule has 0 amide bonds. The Bertz CT molecular complexity index is 612. The van der Waals surface area contributed by atoms with Gasteiger partial charge in [-0.3, -0.25) is 9.69 Å². The van der Waals surface area contributed by atoms with Crippen LogP contribution >= 0.6 is 11.3 Å². The van der Waals surface area contributed by atoms with Crippen molar-refractivity contribution in [1.29, 1.82) is 0 Å². The molecule has 104 valence electrons. The summed E-state index contributed by atoms with van der Waals surface area (Å²) in [5.74, 6) is -0.761. The molecule has 1 N–H and O–H groups in total. The number of hydrogen-bond acceptors (Lipinski definition) is 4. The Labute approximate surface area is 121 Å². The van der Waals surface area contributed by atoms with E-state index in [0.29, 0.717) is 13.0 Å². The fourth-order valence-electron chi connectivity index (χ4n) is 2.76. The quantitative estimate of drug-likeness (QED) is 0.943. The van der Waals surface area contributed by atoms with Crippen LogP contribution in [-0.2, 0) is 17.8 Å². The van der Waals surface area contributed by atoms with Gasteiger partial charge in [0.05, 0.1) is 6.04 Å². The van der Waals surface area contributed by atoms with E-state index < -0.39 is 12.0 Å². The van der Waals surface area contributed by atoms with Crippen molar-refractivity contribution in [2.45, 2.75) is 32.0 Å². The molecule has 1 aliphatic heterocycles. The molecule has 5 heteroatoms. The lowest BCUT2D eigenvalue weighted by Gasteiger charge is -2.37. The number of fused-ring (bicyclic) bond motifs is 1.